The summed E-state index contributed by atoms with van der Waals surface area (Å²) in [7, 11) is 0. The molecule has 0 N–H and O–H groups in total. The smallest absolute Gasteiger partial charge is 0.120 e. The topological polar surface area (TPSA) is 27.7 Å². The van der Waals surface area contributed by atoms with Gasteiger partial charge in [-0.3, -0.25) is 0 Å². The van der Waals surface area contributed by atoms with E-state index in [1.165, 1.54) is 0 Å². The predicted molar refractivity (Wildman–Crippen MR) is 88.7 cm³/mol. The fourth-order valence-corrected chi connectivity index (χ4v) is 1.73. The van der Waals surface area contributed by atoms with Crippen molar-refractivity contribution in [2.24, 2.45) is 0 Å². The van der Waals surface area contributed by atoms with Crippen molar-refractivity contribution >= 4 is 0 Å². The molecule has 0 saturated heterocycles. The quantitative estimate of drug-likeness (QED) is 0.647. The molecule has 0 radical (unpaired) electrons. The van der Waals surface area contributed by atoms with Crippen LogP contribution in [-0.4, -0.2) is 19.8 Å². The highest BCUT2D eigenvalue weighted by molar-refractivity contribution is 5.31. The first-order valence-electron chi connectivity index (χ1n) is 7.18. The van der Waals surface area contributed by atoms with Gasteiger partial charge in [0.15, 0.2) is 0 Å². The molecule has 0 heterocycles. The number of para-hydroxylation sites is 1. The van der Waals surface area contributed by atoms with E-state index in [4.69, 9.17) is 14.2 Å². The van der Waals surface area contributed by atoms with E-state index in [0.29, 0.717) is 19.8 Å². The zero-order valence-electron chi connectivity index (χ0n) is 12.5. The van der Waals surface area contributed by atoms with Gasteiger partial charge in [0.25, 0.3) is 0 Å². The van der Waals surface area contributed by atoms with Crippen molar-refractivity contribution in [3.8, 4) is 17.2 Å². The summed E-state index contributed by atoms with van der Waals surface area (Å²) in [4.78, 5) is 0. The number of benzene rings is 2. The van der Waals surface area contributed by atoms with Crippen LogP contribution in [0.1, 0.15) is 0 Å². The second-order valence-electron chi connectivity index (χ2n) is 4.48. The van der Waals surface area contributed by atoms with Crippen LogP contribution >= 0.6 is 0 Å². The molecule has 0 fully saturated rings. The number of rotatable bonds is 9. The molecule has 2 rings (SSSR count). The van der Waals surface area contributed by atoms with Crippen LogP contribution < -0.4 is 14.2 Å². The Morgan fingerprint density at radius 3 is 1.59 bits per heavy atom. The predicted octanol–water partition coefficient (Wildman–Crippen LogP) is 4.27. The molecule has 22 heavy (non-hydrogen) atoms. The van der Waals surface area contributed by atoms with Gasteiger partial charge in [-0.2, -0.15) is 0 Å². The minimum absolute atomic E-state index is 0.504. The average molecular weight is 296 g/mol. The van der Waals surface area contributed by atoms with Crippen molar-refractivity contribution in [3.05, 3.63) is 79.4 Å². The SMILES string of the molecule is C=CCOc1ccc(OC/C=C/COc2ccccc2)cc1. The van der Waals surface area contributed by atoms with Crippen molar-refractivity contribution in [1.82, 2.24) is 0 Å². The number of hydrogen-bond acceptors (Lipinski definition) is 3. The second-order valence-corrected chi connectivity index (χ2v) is 4.48. The molecule has 0 aliphatic rings. The molecule has 0 bridgehead atoms. The van der Waals surface area contributed by atoms with Crippen LogP contribution in [0.4, 0.5) is 0 Å². The van der Waals surface area contributed by atoms with Crippen LogP contribution in [-0.2, 0) is 0 Å². The monoisotopic (exact) mass is 296 g/mol. The van der Waals surface area contributed by atoms with E-state index in [1.54, 1.807) is 6.08 Å². The Morgan fingerprint density at radius 2 is 1.09 bits per heavy atom. The number of hydrogen-bond donors (Lipinski definition) is 0. The standard InChI is InChI=1S/C19H20O3/c1-2-14-20-18-10-12-19(13-11-18)22-16-7-6-15-21-17-8-4-3-5-9-17/h2-13H,1,14-16H2/b7-6+. The van der Waals surface area contributed by atoms with E-state index in [-0.39, 0.29) is 0 Å². The molecule has 2 aromatic carbocycles. The Balaban J connectivity index is 1.65. The Kier molecular flexibility index (Phi) is 6.63. The lowest BCUT2D eigenvalue weighted by Gasteiger charge is -2.06. The lowest BCUT2D eigenvalue weighted by atomic mass is 10.3. The maximum absolute atomic E-state index is 5.60. The average Bonchev–Trinajstić information content (AvgIpc) is 2.58. The van der Waals surface area contributed by atoms with Crippen molar-refractivity contribution in [2.75, 3.05) is 19.8 Å². The largest absolute Gasteiger partial charge is 0.490 e. The van der Waals surface area contributed by atoms with Crippen molar-refractivity contribution < 1.29 is 14.2 Å². The Labute approximate surface area is 131 Å². The van der Waals surface area contributed by atoms with Gasteiger partial charge in [-0.1, -0.05) is 30.9 Å². The zero-order chi connectivity index (χ0) is 15.5. The molecule has 0 aromatic heterocycles. The Hall–Kier alpha value is -2.68. The molecule has 0 amide bonds. The van der Waals surface area contributed by atoms with Crippen molar-refractivity contribution in [3.63, 3.8) is 0 Å². The second kappa shape index (κ2) is 9.29. The van der Waals surface area contributed by atoms with Gasteiger partial charge in [-0.15, -0.1) is 0 Å². The fraction of sp³-hybridized carbons (Fsp3) is 0.158. The molecular weight excluding hydrogens is 276 g/mol. The molecule has 3 nitrogen and oxygen atoms in total. The molecule has 2 aromatic rings. The lowest BCUT2D eigenvalue weighted by Crippen LogP contribution is -1.97. The highest BCUT2D eigenvalue weighted by Gasteiger charge is 1.94. The highest BCUT2D eigenvalue weighted by atomic mass is 16.5. The molecule has 0 spiro atoms. The van der Waals surface area contributed by atoms with Gasteiger partial charge in [0.1, 0.15) is 37.1 Å². The normalized spacial score (nSPS) is 10.4. The summed E-state index contributed by atoms with van der Waals surface area (Å²) in [6.07, 6.45) is 5.59. The van der Waals surface area contributed by atoms with Crippen LogP contribution in [0.25, 0.3) is 0 Å². The van der Waals surface area contributed by atoms with E-state index in [0.717, 1.165) is 17.2 Å². The summed E-state index contributed by atoms with van der Waals surface area (Å²) in [5.74, 6) is 2.47. The van der Waals surface area contributed by atoms with Crippen LogP contribution in [0.5, 0.6) is 17.2 Å². The minimum atomic E-state index is 0.504. The van der Waals surface area contributed by atoms with E-state index >= 15 is 0 Å². The molecular formula is C19H20O3. The maximum atomic E-state index is 5.60. The van der Waals surface area contributed by atoms with Gasteiger partial charge < -0.3 is 14.2 Å². The molecule has 0 aliphatic carbocycles. The summed E-state index contributed by atoms with van der Waals surface area (Å²) < 4.78 is 16.5. The highest BCUT2D eigenvalue weighted by Crippen LogP contribution is 2.17. The summed E-state index contributed by atoms with van der Waals surface area (Å²) >= 11 is 0. The van der Waals surface area contributed by atoms with Gasteiger partial charge in [-0.05, 0) is 48.6 Å². The van der Waals surface area contributed by atoms with Gasteiger partial charge in [0.05, 0.1) is 0 Å². The third kappa shape index (κ3) is 5.75. The lowest BCUT2D eigenvalue weighted by molar-refractivity contribution is 0.347. The molecule has 114 valence electrons. The zero-order valence-corrected chi connectivity index (χ0v) is 12.5. The van der Waals surface area contributed by atoms with Gasteiger partial charge in [0, 0.05) is 0 Å². The Morgan fingerprint density at radius 1 is 0.636 bits per heavy atom. The molecule has 0 atom stereocenters. The van der Waals surface area contributed by atoms with Crippen molar-refractivity contribution in [2.45, 2.75) is 0 Å². The van der Waals surface area contributed by atoms with Crippen molar-refractivity contribution in [1.29, 1.82) is 0 Å². The molecule has 0 saturated carbocycles. The van der Waals surface area contributed by atoms with Gasteiger partial charge in [-0.25, -0.2) is 0 Å². The minimum Gasteiger partial charge on any atom is -0.490 e. The summed E-state index contributed by atoms with van der Waals surface area (Å²) in [6, 6.07) is 17.2. The van der Waals surface area contributed by atoms with Crippen LogP contribution in [0.15, 0.2) is 79.4 Å². The summed E-state index contributed by atoms with van der Waals surface area (Å²) in [5.41, 5.74) is 0. The summed E-state index contributed by atoms with van der Waals surface area (Å²) in [6.45, 7) is 5.15. The van der Waals surface area contributed by atoms with Crippen LogP contribution in [0, 0.1) is 0 Å². The molecule has 0 unspecified atom stereocenters. The van der Waals surface area contributed by atoms with E-state index < -0.39 is 0 Å². The molecule has 0 aliphatic heterocycles. The van der Waals surface area contributed by atoms with Crippen LogP contribution in [0.2, 0.25) is 0 Å². The maximum Gasteiger partial charge on any atom is 0.120 e. The fourth-order valence-electron chi connectivity index (χ4n) is 1.73. The van der Waals surface area contributed by atoms with Gasteiger partial charge in [0.2, 0.25) is 0 Å². The first-order chi connectivity index (χ1) is 10.9. The van der Waals surface area contributed by atoms with E-state index in [9.17, 15) is 0 Å². The van der Waals surface area contributed by atoms with E-state index in [1.807, 2.05) is 66.7 Å². The third-order valence-corrected chi connectivity index (χ3v) is 2.79. The number of ether oxygens (including phenoxy) is 3. The third-order valence-electron chi connectivity index (χ3n) is 2.79. The summed E-state index contributed by atoms with van der Waals surface area (Å²) in [5, 5.41) is 0. The first kappa shape index (κ1) is 15.7. The first-order valence-corrected chi connectivity index (χ1v) is 7.18. The van der Waals surface area contributed by atoms with Crippen LogP contribution in [0.3, 0.4) is 0 Å². The van der Waals surface area contributed by atoms with E-state index in [2.05, 4.69) is 6.58 Å². The Bertz CT molecular complexity index is 573. The van der Waals surface area contributed by atoms with Gasteiger partial charge >= 0.3 is 0 Å². The molecule has 3 heteroatoms.